The van der Waals surface area contributed by atoms with E-state index in [0.29, 0.717) is 24.1 Å². The lowest BCUT2D eigenvalue weighted by Gasteiger charge is -2.28. The Labute approximate surface area is 126 Å². The van der Waals surface area contributed by atoms with Crippen molar-refractivity contribution >= 4 is 11.5 Å². The highest BCUT2D eigenvalue weighted by molar-refractivity contribution is 5.60. The van der Waals surface area contributed by atoms with Crippen LogP contribution >= 0.6 is 0 Å². The Morgan fingerprint density at radius 1 is 1.33 bits per heavy atom. The molecule has 0 aliphatic heterocycles. The predicted molar refractivity (Wildman–Crippen MR) is 83.6 cm³/mol. The van der Waals surface area contributed by atoms with E-state index in [1.807, 2.05) is 0 Å². The average molecular weight is 294 g/mol. The van der Waals surface area contributed by atoms with Crippen molar-refractivity contribution in [1.82, 2.24) is 9.78 Å². The van der Waals surface area contributed by atoms with E-state index in [1.165, 1.54) is 19.3 Å². The monoisotopic (exact) mass is 294 g/mol. The molecule has 0 unspecified atom stereocenters. The first-order valence-corrected chi connectivity index (χ1v) is 8.05. The predicted octanol–water partition coefficient (Wildman–Crippen LogP) is 3.89. The quantitative estimate of drug-likeness (QED) is 0.638. The topological polar surface area (TPSA) is 73.0 Å². The molecule has 21 heavy (non-hydrogen) atoms. The standard InChI is InChI=1S/C15H26N4O2/c1-4-10-18-15(14(19(20)21)11(3)17-18)16-13-8-6-12(5-2)7-9-13/h12-13,16H,4-10H2,1-3H3. The van der Waals surface area contributed by atoms with Crippen molar-refractivity contribution in [3.63, 3.8) is 0 Å². The maximum absolute atomic E-state index is 11.3. The molecule has 1 aliphatic carbocycles. The van der Waals surface area contributed by atoms with Gasteiger partial charge in [-0.25, -0.2) is 4.68 Å². The molecule has 1 aliphatic rings. The smallest absolute Gasteiger partial charge is 0.333 e. The number of nitrogens with zero attached hydrogens (tertiary/aromatic N) is 3. The molecule has 1 N–H and O–H groups in total. The number of nitro groups is 1. The fraction of sp³-hybridized carbons (Fsp3) is 0.800. The van der Waals surface area contributed by atoms with Gasteiger partial charge in [-0.2, -0.15) is 5.10 Å². The molecule has 0 radical (unpaired) electrons. The van der Waals surface area contributed by atoms with Gasteiger partial charge in [-0.1, -0.05) is 20.3 Å². The van der Waals surface area contributed by atoms with Crippen molar-refractivity contribution in [2.45, 2.75) is 71.9 Å². The third-order valence-corrected chi connectivity index (χ3v) is 4.48. The number of rotatable bonds is 6. The molecule has 0 amide bonds. The summed E-state index contributed by atoms with van der Waals surface area (Å²) in [5, 5.41) is 19.1. The second-order valence-electron chi connectivity index (χ2n) is 6.03. The highest BCUT2D eigenvalue weighted by Crippen LogP contribution is 2.33. The number of anilines is 1. The normalized spacial score (nSPS) is 22.2. The fourth-order valence-corrected chi connectivity index (χ4v) is 3.22. The SMILES string of the molecule is CCCn1nc(C)c([N+](=O)[O-])c1NC1CCC(CC)CC1. The van der Waals surface area contributed by atoms with E-state index >= 15 is 0 Å². The first kappa shape index (κ1) is 15.8. The first-order valence-electron chi connectivity index (χ1n) is 8.05. The van der Waals surface area contributed by atoms with Crippen molar-refractivity contribution in [3.05, 3.63) is 15.8 Å². The second kappa shape index (κ2) is 6.91. The Bertz CT molecular complexity index is 490. The largest absolute Gasteiger partial charge is 0.362 e. The van der Waals surface area contributed by atoms with Gasteiger partial charge in [0.15, 0.2) is 0 Å². The molecule has 0 saturated heterocycles. The third-order valence-electron chi connectivity index (χ3n) is 4.48. The summed E-state index contributed by atoms with van der Waals surface area (Å²) in [7, 11) is 0. The summed E-state index contributed by atoms with van der Waals surface area (Å²) >= 11 is 0. The Morgan fingerprint density at radius 2 is 2.00 bits per heavy atom. The fourth-order valence-electron chi connectivity index (χ4n) is 3.22. The molecular formula is C15H26N4O2. The summed E-state index contributed by atoms with van der Waals surface area (Å²) < 4.78 is 1.76. The molecule has 6 heteroatoms. The van der Waals surface area contributed by atoms with Gasteiger partial charge in [-0.15, -0.1) is 0 Å². The molecule has 1 fully saturated rings. The van der Waals surface area contributed by atoms with Crippen LogP contribution in [0.25, 0.3) is 0 Å². The molecule has 1 heterocycles. The minimum atomic E-state index is -0.311. The zero-order valence-corrected chi connectivity index (χ0v) is 13.3. The zero-order chi connectivity index (χ0) is 15.4. The average Bonchev–Trinajstić information content (AvgIpc) is 2.76. The van der Waals surface area contributed by atoms with Crippen LogP contribution in [0.5, 0.6) is 0 Å². The van der Waals surface area contributed by atoms with Crippen molar-refractivity contribution in [2.75, 3.05) is 5.32 Å². The van der Waals surface area contributed by atoms with Crippen LogP contribution in [-0.2, 0) is 6.54 Å². The molecule has 1 saturated carbocycles. The van der Waals surface area contributed by atoms with Crippen molar-refractivity contribution in [1.29, 1.82) is 0 Å². The van der Waals surface area contributed by atoms with Crippen molar-refractivity contribution in [2.24, 2.45) is 5.92 Å². The van der Waals surface area contributed by atoms with Crippen LogP contribution in [0.1, 0.15) is 58.1 Å². The van der Waals surface area contributed by atoms with Gasteiger partial charge < -0.3 is 5.32 Å². The summed E-state index contributed by atoms with van der Waals surface area (Å²) in [6.07, 6.45) is 6.75. The van der Waals surface area contributed by atoms with Gasteiger partial charge in [0.2, 0.25) is 5.82 Å². The highest BCUT2D eigenvalue weighted by Gasteiger charge is 2.28. The van der Waals surface area contributed by atoms with Gasteiger partial charge in [0.25, 0.3) is 0 Å². The van der Waals surface area contributed by atoms with Crippen LogP contribution in [0.3, 0.4) is 0 Å². The van der Waals surface area contributed by atoms with Crippen LogP contribution in [0, 0.1) is 23.0 Å². The first-order chi connectivity index (χ1) is 10.1. The van der Waals surface area contributed by atoms with Gasteiger partial charge >= 0.3 is 5.69 Å². The van der Waals surface area contributed by atoms with Gasteiger partial charge in [-0.3, -0.25) is 10.1 Å². The molecular weight excluding hydrogens is 268 g/mol. The van der Waals surface area contributed by atoms with E-state index in [4.69, 9.17) is 0 Å². The molecule has 1 aromatic rings. The lowest BCUT2D eigenvalue weighted by molar-refractivity contribution is -0.384. The van der Waals surface area contributed by atoms with E-state index in [0.717, 1.165) is 25.2 Å². The third kappa shape index (κ3) is 3.54. The number of aromatic nitrogens is 2. The minimum Gasteiger partial charge on any atom is -0.362 e. The van der Waals surface area contributed by atoms with Crippen molar-refractivity contribution in [3.8, 4) is 0 Å². The van der Waals surface area contributed by atoms with Crippen LogP contribution in [0.4, 0.5) is 11.5 Å². The lowest BCUT2D eigenvalue weighted by atomic mass is 9.84. The molecule has 2 rings (SSSR count). The molecule has 6 nitrogen and oxygen atoms in total. The lowest BCUT2D eigenvalue weighted by Crippen LogP contribution is -2.27. The molecule has 1 aromatic heterocycles. The molecule has 118 valence electrons. The zero-order valence-electron chi connectivity index (χ0n) is 13.3. The van der Waals surface area contributed by atoms with E-state index in [-0.39, 0.29) is 10.6 Å². The minimum absolute atomic E-state index is 0.140. The Morgan fingerprint density at radius 3 is 2.52 bits per heavy atom. The van der Waals surface area contributed by atoms with Gasteiger partial charge in [0.1, 0.15) is 5.69 Å². The summed E-state index contributed by atoms with van der Waals surface area (Å²) in [5.74, 6) is 1.42. The number of hydrogen-bond donors (Lipinski definition) is 1. The van der Waals surface area contributed by atoms with E-state index < -0.39 is 0 Å². The summed E-state index contributed by atoms with van der Waals surface area (Å²) in [4.78, 5) is 11.0. The Balaban J connectivity index is 2.16. The number of nitrogens with one attached hydrogen (secondary N) is 1. The number of aryl methyl sites for hydroxylation is 2. The Kier molecular flexibility index (Phi) is 5.20. The number of hydrogen-bond acceptors (Lipinski definition) is 4. The van der Waals surface area contributed by atoms with E-state index in [2.05, 4.69) is 24.3 Å². The highest BCUT2D eigenvalue weighted by atomic mass is 16.6. The van der Waals surface area contributed by atoms with E-state index in [1.54, 1.807) is 11.6 Å². The molecule has 0 bridgehead atoms. The van der Waals surface area contributed by atoms with Gasteiger partial charge in [0.05, 0.1) is 4.92 Å². The maximum Gasteiger partial charge on any atom is 0.333 e. The van der Waals surface area contributed by atoms with Gasteiger partial charge in [-0.05, 0) is 44.9 Å². The van der Waals surface area contributed by atoms with Crippen LogP contribution in [0.15, 0.2) is 0 Å². The van der Waals surface area contributed by atoms with E-state index in [9.17, 15) is 10.1 Å². The second-order valence-corrected chi connectivity index (χ2v) is 6.03. The molecule has 0 atom stereocenters. The van der Waals surface area contributed by atoms with Gasteiger partial charge in [0, 0.05) is 12.6 Å². The van der Waals surface area contributed by atoms with Crippen LogP contribution in [0.2, 0.25) is 0 Å². The van der Waals surface area contributed by atoms with Crippen molar-refractivity contribution < 1.29 is 4.92 Å². The summed E-state index contributed by atoms with van der Waals surface area (Å²) in [6, 6.07) is 0.332. The molecule has 0 aromatic carbocycles. The maximum atomic E-state index is 11.3. The van der Waals surface area contributed by atoms with Crippen LogP contribution in [-0.4, -0.2) is 20.7 Å². The van der Waals surface area contributed by atoms with Crippen LogP contribution < -0.4 is 5.32 Å². The molecule has 0 spiro atoms. The Hall–Kier alpha value is -1.59. The summed E-state index contributed by atoms with van der Waals surface area (Å²) in [5.41, 5.74) is 0.638. The summed E-state index contributed by atoms with van der Waals surface area (Å²) in [6.45, 7) is 6.72.